The molecule has 28 heavy (non-hydrogen) atoms. The molecule has 8 heteroatoms. The Bertz CT molecular complexity index is 958. The van der Waals surface area contributed by atoms with Crippen molar-refractivity contribution in [2.75, 3.05) is 44.7 Å². The van der Waals surface area contributed by atoms with Gasteiger partial charge in [0.15, 0.2) is 11.5 Å². The second-order valence-corrected chi connectivity index (χ2v) is 7.24. The average Bonchev–Trinajstić information content (AvgIpc) is 3.11. The largest absolute Gasteiger partial charge is 0.353 e. The molecule has 1 fully saturated rings. The molecule has 1 saturated heterocycles. The number of carbonyl (C=O) groups excluding carboxylic acids is 1. The average molecular weight is 379 g/mol. The molecular formula is C20H25N7O. The van der Waals surface area contributed by atoms with Crippen LogP contribution in [0.2, 0.25) is 0 Å². The molecule has 0 aliphatic carbocycles. The first-order chi connectivity index (χ1) is 13.6. The molecule has 8 nitrogen and oxygen atoms in total. The van der Waals surface area contributed by atoms with Gasteiger partial charge in [-0.3, -0.25) is 4.79 Å². The highest BCUT2D eigenvalue weighted by molar-refractivity contribution is 5.94. The molecule has 0 radical (unpaired) electrons. The van der Waals surface area contributed by atoms with Crippen molar-refractivity contribution >= 4 is 17.4 Å². The van der Waals surface area contributed by atoms with Crippen LogP contribution in [0.1, 0.15) is 21.7 Å². The van der Waals surface area contributed by atoms with Crippen LogP contribution < -0.4 is 10.2 Å². The molecule has 1 amide bonds. The quantitative estimate of drug-likeness (QED) is 0.717. The van der Waals surface area contributed by atoms with Crippen LogP contribution in [0.3, 0.4) is 0 Å². The Labute approximate surface area is 164 Å². The number of fused-ring (bicyclic) bond motifs is 1. The highest BCUT2D eigenvalue weighted by Gasteiger charge is 2.17. The lowest BCUT2D eigenvalue weighted by Crippen LogP contribution is -2.45. The van der Waals surface area contributed by atoms with Gasteiger partial charge in [0.2, 0.25) is 0 Å². The summed E-state index contributed by atoms with van der Waals surface area (Å²) in [6, 6.07) is 11.5. The van der Waals surface area contributed by atoms with Crippen molar-refractivity contribution in [3.05, 3.63) is 53.3 Å². The van der Waals surface area contributed by atoms with Crippen molar-refractivity contribution in [3.8, 4) is 0 Å². The first-order valence-corrected chi connectivity index (χ1v) is 9.60. The number of benzene rings is 1. The third kappa shape index (κ3) is 3.96. The summed E-state index contributed by atoms with van der Waals surface area (Å²) >= 11 is 0. The zero-order valence-electron chi connectivity index (χ0n) is 16.3. The molecule has 0 unspecified atom stereocenters. The molecule has 0 saturated carbocycles. The van der Waals surface area contributed by atoms with Crippen molar-refractivity contribution in [2.45, 2.75) is 13.3 Å². The molecule has 0 bridgehead atoms. The Balaban J connectivity index is 1.41. The van der Waals surface area contributed by atoms with Gasteiger partial charge in [0, 0.05) is 44.7 Å². The van der Waals surface area contributed by atoms with Crippen LogP contribution in [0.5, 0.6) is 0 Å². The summed E-state index contributed by atoms with van der Waals surface area (Å²) in [7, 11) is 2.14. The van der Waals surface area contributed by atoms with E-state index in [1.807, 2.05) is 43.3 Å². The van der Waals surface area contributed by atoms with E-state index in [0.29, 0.717) is 18.5 Å². The highest BCUT2D eigenvalue weighted by Crippen LogP contribution is 2.14. The van der Waals surface area contributed by atoms with Crippen molar-refractivity contribution in [1.29, 1.82) is 0 Å². The van der Waals surface area contributed by atoms with Gasteiger partial charge in [0.25, 0.3) is 5.91 Å². The molecule has 0 spiro atoms. The van der Waals surface area contributed by atoms with Crippen LogP contribution in [0, 0.1) is 6.92 Å². The van der Waals surface area contributed by atoms with Gasteiger partial charge in [-0.15, -0.1) is 15.3 Å². The van der Waals surface area contributed by atoms with Gasteiger partial charge < -0.3 is 15.1 Å². The maximum atomic E-state index is 12.3. The molecule has 1 aromatic carbocycles. The predicted octanol–water partition coefficient (Wildman–Crippen LogP) is 1.16. The highest BCUT2D eigenvalue weighted by atomic mass is 16.1. The maximum absolute atomic E-state index is 12.3. The minimum absolute atomic E-state index is 0.0834. The molecule has 1 aliphatic rings. The molecule has 2 aromatic heterocycles. The fourth-order valence-electron chi connectivity index (χ4n) is 3.28. The van der Waals surface area contributed by atoms with Gasteiger partial charge >= 0.3 is 0 Å². The van der Waals surface area contributed by atoms with Crippen LogP contribution in [0.4, 0.5) is 5.82 Å². The number of hydrogen-bond acceptors (Lipinski definition) is 6. The number of amides is 1. The van der Waals surface area contributed by atoms with E-state index in [0.717, 1.165) is 49.0 Å². The molecule has 3 heterocycles. The van der Waals surface area contributed by atoms with Crippen LogP contribution in [0.15, 0.2) is 36.4 Å². The van der Waals surface area contributed by atoms with E-state index in [4.69, 9.17) is 5.10 Å². The zero-order chi connectivity index (χ0) is 19.5. The Morgan fingerprint density at radius 1 is 1.04 bits per heavy atom. The number of hydrogen-bond donors (Lipinski definition) is 1. The van der Waals surface area contributed by atoms with E-state index in [1.54, 1.807) is 4.52 Å². The number of likely N-dealkylation sites (N-methyl/N-ethyl adjacent to an activating group) is 1. The lowest BCUT2D eigenvalue weighted by Gasteiger charge is -2.33. The number of anilines is 1. The summed E-state index contributed by atoms with van der Waals surface area (Å²) in [5, 5.41) is 16.1. The first-order valence-electron chi connectivity index (χ1n) is 9.60. The van der Waals surface area contributed by atoms with Gasteiger partial charge in [0.05, 0.1) is 0 Å². The maximum Gasteiger partial charge on any atom is 0.251 e. The fraction of sp³-hybridized carbons (Fsp3) is 0.400. The minimum atomic E-state index is -0.0834. The summed E-state index contributed by atoms with van der Waals surface area (Å²) in [5.41, 5.74) is 2.51. The van der Waals surface area contributed by atoms with Gasteiger partial charge in [-0.1, -0.05) is 17.7 Å². The second-order valence-electron chi connectivity index (χ2n) is 7.24. The van der Waals surface area contributed by atoms with E-state index >= 15 is 0 Å². The van der Waals surface area contributed by atoms with Crippen LogP contribution in [-0.2, 0) is 6.42 Å². The summed E-state index contributed by atoms with van der Waals surface area (Å²) in [5.74, 6) is 1.60. The van der Waals surface area contributed by atoms with Crippen molar-refractivity contribution in [3.63, 3.8) is 0 Å². The number of nitrogens with zero attached hydrogens (tertiary/aromatic N) is 6. The van der Waals surface area contributed by atoms with E-state index in [9.17, 15) is 4.79 Å². The summed E-state index contributed by atoms with van der Waals surface area (Å²) in [6.07, 6.45) is 0.567. The number of aromatic nitrogens is 4. The second kappa shape index (κ2) is 7.93. The summed E-state index contributed by atoms with van der Waals surface area (Å²) in [4.78, 5) is 16.9. The topological polar surface area (TPSA) is 78.7 Å². The van der Waals surface area contributed by atoms with Gasteiger partial charge in [-0.2, -0.15) is 4.52 Å². The van der Waals surface area contributed by atoms with Gasteiger partial charge in [-0.25, -0.2) is 0 Å². The number of piperazine rings is 1. The smallest absolute Gasteiger partial charge is 0.251 e. The van der Waals surface area contributed by atoms with E-state index in [-0.39, 0.29) is 5.91 Å². The zero-order valence-corrected chi connectivity index (χ0v) is 16.3. The van der Waals surface area contributed by atoms with Crippen LogP contribution in [0.25, 0.3) is 5.65 Å². The van der Waals surface area contributed by atoms with Crippen LogP contribution >= 0.6 is 0 Å². The van der Waals surface area contributed by atoms with Gasteiger partial charge in [-0.05, 0) is 38.2 Å². The molecule has 3 aromatic rings. The van der Waals surface area contributed by atoms with E-state index < -0.39 is 0 Å². The Morgan fingerprint density at radius 3 is 2.54 bits per heavy atom. The third-order valence-corrected chi connectivity index (χ3v) is 5.09. The minimum Gasteiger partial charge on any atom is -0.353 e. The van der Waals surface area contributed by atoms with Crippen molar-refractivity contribution in [1.82, 2.24) is 30.0 Å². The number of carbonyl (C=O) groups is 1. The number of nitrogens with one attached hydrogen (secondary N) is 1. The molecular weight excluding hydrogens is 354 g/mol. The lowest BCUT2D eigenvalue weighted by atomic mass is 10.1. The normalized spacial score (nSPS) is 15.1. The monoisotopic (exact) mass is 379 g/mol. The van der Waals surface area contributed by atoms with E-state index in [1.165, 1.54) is 0 Å². The number of aryl methyl sites for hydroxylation is 1. The lowest BCUT2D eigenvalue weighted by molar-refractivity contribution is 0.0954. The van der Waals surface area contributed by atoms with Crippen molar-refractivity contribution < 1.29 is 4.79 Å². The number of rotatable bonds is 5. The van der Waals surface area contributed by atoms with Gasteiger partial charge in [0.1, 0.15) is 5.82 Å². The Kier molecular flexibility index (Phi) is 5.21. The first kappa shape index (κ1) is 18.4. The SMILES string of the molecule is Cc1ccc(C(=O)NCCc2nnc3ccc(N4CCN(C)CC4)nn23)cc1. The van der Waals surface area contributed by atoms with Crippen molar-refractivity contribution in [2.24, 2.45) is 0 Å². The fourth-order valence-corrected chi connectivity index (χ4v) is 3.28. The van der Waals surface area contributed by atoms with Crippen LogP contribution in [-0.4, -0.2) is 70.4 Å². The third-order valence-electron chi connectivity index (χ3n) is 5.09. The molecule has 1 aliphatic heterocycles. The molecule has 1 N–H and O–H groups in total. The predicted molar refractivity (Wildman–Crippen MR) is 108 cm³/mol. The summed E-state index contributed by atoms with van der Waals surface area (Å²) in [6.45, 7) is 6.45. The Morgan fingerprint density at radius 2 is 1.79 bits per heavy atom. The van der Waals surface area contributed by atoms with E-state index in [2.05, 4.69) is 32.4 Å². The molecule has 4 rings (SSSR count). The molecule has 0 atom stereocenters. The Hall–Kier alpha value is -3.00. The molecule has 146 valence electrons. The summed E-state index contributed by atoms with van der Waals surface area (Å²) < 4.78 is 1.78. The standard InChI is InChI=1S/C20H25N7O/c1-15-3-5-16(6-4-15)20(28)21-10-9-18-23-22-17-7-8-19(24-27(17)18)26-13-11-25(2)12-14-26/h3-8H,9-14H2,1-2H3,(H,21,28).